The molecule has 2 aromatic carbocycles. The van der Waals surface area contributed by atoms with Crippen molar-refractivity contribution in [3.8, 4) is 17.0 Å². The van der Waals surface area contributed by atoms with Crippen LogP contribution in [0.5, 0.6) is 5.88 Å². The highest BCUT2D eigenvalue weighted by Gasteiger charge is 2.34. The van der Waals surface area contributed by atoms with Crippen LogP contribution >= 0.6 is 0 Å². The summed E-state index contributed by atoms with van der Waals surface area (Å²) in [5.74, 6) is -1.14. The van der Waals surface area contributed by atoms with Crippen LogP contribution in [-0.2, 0) is 27.6 Å². The molecule has 5 rings (SSSR count). The average Bonchev–Trinajstić information content (AvgIpc) is 3.32. The summed E-state index contributed by atoms with van der Waals surface area (Å²) < 4.78 is 48.5. The van der Waals surface area contributed by atoms with Crippen molar-refractivity contribution in [3.05, 3.63) is 99.6 Å². The van der Waals surface area contributed by atoms with Crippen molar-refractivity contribution in [3.63, 3.8) is 0 Å². The van der Waals surface area contributed by atoms with E-state index in [2.05, 4.69) is 9.97 Å². The summed E-state index contributed by atoms with van der Waals surface area (Å²) in [4.78, 5) is 19.9. The second-order valence-electron chi connectivity index (χ2n) is 9.77. The van der Waals surface area contributed by atoms with Gasteiger partial charge in [0.1, 0.15) is 12.4 Å². The van der Waals surface area contributed by atoms with Crippen LogP contribution in [0.2, 0.25) is 0 Å². The maximum Gasteiger partial charge on any atom is 0.296 e. The van der Waals surface area contributed by atoms with E-state index in [1.54, 1.807) is 13.0 Å². The number of aryl methyl sites for hydroxylation is 1. The highest BCUT2D eigenvalue weighted by Crippen LogP contribution is 2.39. The first-order chi connectivity index (χ1) is 18.6. The van der Waals surface area contributed by atoms with Crippen molar-refractivity contribution in [2.45, 2.75) is 62.2 Å². The van der Waals surface area contributed by atoms with E-state index in [-0.39, 0.29) is 23.4 Å². The number of pyridine rings is 1. The monoisotopic (exact) mass is 549 g/mol. The van der Waals surface area contributed by atoms with Crippen LogP contribution in [0.25, 0.3) is 11.1 Å². The molecule has 1 aliphatic rings. The van der Waals surface area contributed by atoms with Gasteiger partial charge in [0.25, 0.3) is 5.56 Å². The summed E-state index contributed by atoms with van der Waals surface area (Å²) in [7, 11) is -4.47. The molecule has 0 saturated heterocycles. The zero-order valence-corrected chi connectivity index (χ0v) is 22.6. The Labute approximate surface area is 225 Å². The normalized spacial score (nSPS) is 15.1. The fraction of sp³-hybridized carbons (Fsp3) is 0.276. The average molecular weight is 550 g/mol. The van der Waals surface area contributed by atoms with Gasteiger partial charge in [0.2, 0.25) is 21.7 Å². The smallest absolute Gasteiger partial charge is 0.296 e. The lowest BCUT2D eigenvalue weighted by atomic mass is 10.0. The lowest BCUT2D eigenvalue weighted by Crippen LogP contribution is -2.27. The predicted molar refractivity (Wildman–Crippen MR) is 143 cm³/mol. The van der Waals surface area contributed by atoms with Gasteiger partial charge in [0, 0.05) is 11.8 Å². The van der Waals surface area contributed by atoms with E-state index in [1.165, 1.54) is 35.0 Å². The van der Waals surface area contributed by atoms with Gasteiger partial charge >= 0.3 is 0 Å². The lowest BCUT2D eigenvalue weighted by Gasteiger charge is -2.23. The number of sulfone groups is 1. The van der Waals surface area contributed by atoms with Crippen LogP contribution in [0.15, 0.2) is 75.4 Å². The lowest BCUT2D eigenvalue weighted by molar-refractivity contribution is 0.0571. The Morgan fingerprint density at radius 1 is 1.13 bits per heavy atom. The summed E-state index contributed by atoms with van der Waals surface area (Å²) >= 11 is 0. The molecule has 0 radical (unpaired) electrons. The number of benzene rings is 2. The van der Waals surface area contributed by atoms with Gasteiger partial charge < -0.3 is 9.84 Å². The predicted octanol–water partition coefficient (Wildman–Crippen LogP) is 4.75. The van der Waals surface area contributed by atoms with E-state index in [0.29, 0.717) is 23.1 Å². The molecule has 1 N–H and O–H groups in total. The number of hydrogen-bond acceptors (Lipinski definition) is 7. The minimum atomic E-state index is -4.47. The molecule has 39 heavy (non-hydrogen) atoms. The van der Waals surface area contributed by atoms with Crippen molar-refractivity contribution in [2.24, 2.45) is 0 Å². The van der Waals surface area contributed by atoms with Gasteiger partial charge in [-0.15, -0.1) is 0 Å². The van der Waals surface area contributed by atoms with Gasteiger partial charge in [-0.3, -0.25) is 9.36 Å². The molecule has 0 fully saturated rings. The van der Waals surface area contributed by atoms with Crippen LogP contribution in [-0.4, -0.2) is 34.2 Å². The number of aromatic hydroxyl groups is 1. The van der Waals surface area contributed by atoms with Crippen molar-refractivity contribution in [2.75, 3.05) is 0 Å². The molecule has 0 spiro atoms. The summed E-state index contributed by atoms with van der Waals surface area (Å²) in [6, 6.07) is 14.6. The third-order valence-corrected chi connectivity index (χ3v) is 8.77. The molecule has 2 heterocycles. The quantitative estimate of drug-likeness (QED) is 0.331. The first-order valence-corrected chi connectivity index (χ1v) is 14.1. The van der Waals surface area contributed by atoms with Gasteiger partial charge in [-0.05, 0) is 74.1 Å². The summed E-state index contributed by atoms with van der Waals surface area (Å²) in [6.07, 6.45) is 2.49. The van der Waals surface area contributed by atoms with Crippen LogP contribution in [0.4, 0.5) is 4.39 Å². The van der Waals surface area contributed by atoms with Crippen molar-refractivity contribution < 1.29 is 22.7 Å². The first-order valence-electron chi connectivity index (χ1n) is 12.6. The Hall–Kier alpha value is -3.89. The van der Waals surface area contributed by atoms with Gasteiger partial charge in [0.15, 0.2) is 4.90 Å². The largest absolute Gasteiger partial charge is 0.493 e. The highest BCUT2D eigenvalue weighted by molar-refractivity contribution is 7.91. The molecule has 1 atom stereocenters. The Morgan fingerprint density at radius 2 is 1.85 bits per heavy atom. The molecule has 0 bridgehead atoms. The fourth-order valence-corrected chi connectivity index (χ4v) is 6.36. The second-order valence-corrected chi connectivity index (χ2v) is 11.7. The Kier molecular flexibility index (Phi) is 7.09. The summed E-state index contributed by atoms with van der Waals surface area (Å²) in [5.41, 5.74) is 2.42. The van der Waals surface area contributed by atoms with E-state index in [0.717, 1.165) is 17.5 Å². The highest BCUT2D eigenvalue weighted by atomic mass is 32.2. The number of fused-ring (bicyclic) bond motifs is 1. The third kappa shape index (κ3) is 4.86. The summed E-state index contributed by atoms with van der Waals surface area (Å²) in [6.45, 7) is 5.17. The van der Waals surface area contributed by atoms with Crippen LogP contribution < -0.4 is 5.56 Å². The Morgan fingerprint density at radius 3 is 2.56 bits per heavy atom. The molecule has 1 aliphatic carbocycles. The number of aromatic nitrogens is 3. The molecule has 202 valence electrons. The zero-order valence-electron chi connectivity index (χ0n) is 21.8. The topological polar surface area (TPSA) is 111 Å². The second kappa shape index (κ2) is 10.3. The number of rotatable bonds is 7. The number of ether oxygens (including phenoxy) is 1. The Bertz CT molecular complexity index is 1720. The number of hydrogen-bond donors (Lipinski definition) is 1. The van der Waals surface area contributed by atoms with Gasteiger partial charge in [0.05, 0.1) is 17.0 Å². The molecule has 8 nitrogen and oxygen atoms in total. The molecular formula is C29H28FN3O5S. The molecule has 0 amide bonds. The molecule has 0 aliphatic heterocycles. The van der Waals surface area contributed by atoms with Crippen LogP contribution in [0, 0.1) is 12.9 Å². The van der Waals surface area contributed by atoms with E-state index >= 15 is 0 Å². The van der Waals surface area contributed by atoms with Gasteiger partial charge in [-0.25, -0.2) is 13.4 Å². The van der Waals surface area contributed by atoms with E-state index in [1.807, 2.05) is 38.1 Å². The molecule has 0 unspecified atom stereocenters. The fourth-order valence-electron chi connectivity index (χ4n) is 5.01. The van der Waals surface area contributed by atoms with Crippen LogP contribution in [0.1, 0.15) is 48.8 Å². The van der Waals surface area contributed by atoms with Crippen molar-refractivity contribution in [1.29, 1.82) is 0 Å². The maximum atomic E-state index is 13.9. The van der Waals surface area contributed by atoms with E-state index in [4.69, 9.17) is 4.74 Å². The third-order valence-electron chi connectivity index (χ3n) is 6.98. The first kappa shape index (κ1) is 26.7. The molecule has 2 aromatic heterocycles. The molecule has 10 heteroatoms. The molecular weight excluding hydrogens is 521 g/mol. The van der Waals surface area contributed by atoms with Crippen LogP contribution in [0.3, 0.4) is 0 Å². The van der Waals surface area contributed by atoms with Crippen molar-refractivity contribution >= 4 is 9.84 Å². The standard InChI is InChI=1S/C29H28FN3O5S/c1-17(2)38-16-25-32-28(34)26(29(35)33(25)24-13-10-19-6-4-5-7-23(19)24)39(36,37)21-11-8-20(9-12-21)22-14-15-31-27(30)18(22)3/h4-9,11-12,14-15,17,24,35H,10,13,16H2,1-3H3/t24-/m0/s1. The zero-order chi connectivity index (χ0) is 27.9. The minimum absolute atomic E-state index is 0.0734. The van der Waals surface area contributed by atoms with Crippen molar-refractivity contribution in [1.82, 2.24) is 14.5 Å². The molecule has 4 aromatic rings. The maximum absolute atomic E-state index is 13.9. The number of halogens is 1. The number of nitrogens with zero attached hydrogens (tertiary/aromatic N) is 3. The molecule has 0 saturated carbocycles. The SMILES string of the molecule is Cc1c(-c2ccc(S(=O)(=O)c3c(O)n([C@H]4CCc5ccccc54)c(COC(C)C)nc3=O)cc2)ccnc1F. The van der Waals surface area contributed by atoms with Gasteiger partial charge in [-0.1, -0.05) is 36.4 Å². The van der Waals surface area contributed by atoms with E-state index in [9.17, 15) is 22.7 Å². The minimum Gasteiger partial charge on any atom is -0.493 e. The summed E-state index contributed by atoms with van der Waals surface area (Å²) in [5, 5.41) is 11.4. The van der Waals surface area contributed by atoms with Gasteiger partial charge in [-0.2, -0.15) is 9.37 Å². The Balaban J connectivity index is 1.62. The van der Waals surface area contributed by atoms with E-state index < -0.39 is 38.2 Å².